The molecule has 2 aromatic carbocycles. The summed E-state index contributed by atoms with van der Waals surface area (Å²) in [7, 11) is 1.34. The van der Waals surface area contributed by atoms with Crippen LogP contribution < -0.4 is 19.5 Å². The fourth-order valence-corrected chi connectivity index (χ4v) is 2.19. The lowest BCUT2D eigenvalue weighted by Gasteiger charge is -2.11. The summed E-state index contributed by atoms with van der Waals surface area (Å²) < 4.78 is 52.9. The molecule has 0 heterocycles. The van der Waals surface area contributed by atoms with Crippen LogP contribution >= 0.6 is 0 Å². The van der Waals surface area contributed by atoms with Gasteiger partial charge in [-0.3, -0.25) is 4.79 Å². The highest BCUT2D eigenvalue weighted by Gasteiger charge is 2.11. The molecule has 2 aromatic rings. The number of halogens is 3. The fraction of sp³-hybridized carbons (Fsp3) is 0.211. The largest absolute Gasteiger partial charge is 0.494 e. The van der Waals surface area contributed by atoms with Crippen molar-refractivity contribution in [1.82, 2.24) is 0 Å². The van der Waals surface area contributed by atoms with Crippen LogP contribution in [0.5, 0.6) is 17.2 Å². The molecule has 0 aliphatic carbocycles. The Bertz CT molecular complexity index is 825. The molecular formula is C19H18F3NO4. The van der Waals surface area contributed by atoms with E-state index in [-0.39, 0.29) is 29.5 Å². The van der Waals surface area contributed by atoms with Crippen LogP contribution in [0.2, 0.25) is 0 Å². The molecular weight excluding hydrogens is 363 g/mol. The van der Waals surface area contributed by atoms with Crippen LogP contribution in [0.25, 0.3) is 6.08 Å². The number of nitrogens with one attached hydrogen (secondary N) is 1. The van der Waals surface area contributed by atoms with E-state index in [2.05, 4.69) is 10.1 Å². The molecule has 0 atom stereocenters. The molecule has 0 aliphatic heterocycles. The summed E-state index contributed by atoms with van der Waals surface area (Å²) in [6.07, 6.45) is 2.69. The quantitative estimate of drug-likeness (QED) is 0.685. The Hall–Kier alpha value is -3.16. The summed E-state index contributed by atoms with van der Waals surface area (Å²) in [5.74, 6) is -0.987. The monoisotopic (exact) mass is 381 g/mol. The predicted octanol–water partition coefficient (Wildman–Crippen LogP) is 4.49. The molecule has 1 amide bonds. The number of hydrogen-bond acceptors (Lipinski definition) is 4. The zero-order valence-electron chi connectivity index (χ0n) is 14.7. The molecule has 0 bridgehead atoms. The van der Waals surface area contributed by atoms with E-state index in [0.29, 0.717) is 5.56 Å². The minimum atomic E-state index is -2.97. The van der Waals surface area contributed by atoms with Gasteiger partial charge in [-0.2, -0.15) is 8.78 Å². The minimum Gasteiger partial charge on any atom is -0.494 e. The Morgan fingerprint density at radius 3 is 2.52 bits per heavy atom. The number of benzene rings is 2. The van der Waals surface area contributed by atoms with Crippen LogP contribution in [0.4, 0.5) is 18.9 Å². The van der Waals surface area contributed by atoms with Gasteiger partial charge in [-0.05, 0) is 42.8 Å². The van der Waals surface area contributed by atoms with Gasteiger partial charge in [0.2, 0.25) is 5.91 Å². The highest BCUT2D eigenvalue weighted by atomic mass is 19.3. The van der Waals surface area contributed by atoms with E-state index in [1.165, 1.54) is 49.6 Å². The minimum absolute atomic E-state index is 0.0677. The smallest absolute Gasteiger partial charge is 0.387 e. The van der Waals surface area contributed by atoms with E-state index in [1.54, 1.807) is 6.92 Å². The molecule has 1 N–H and O–H groups in total. The molecule has 0 aliphatic rings. The van der Waals surface area contributed by atoms with Gasteiger partial charge in [0.25, 0.3) is 0 Å². The van der Waals surface area contributed by atoms with Gasteiger partial charge < -0.3 is 19.5 Å². The van der Waals surface area contributed by atoms with Crippen molar-refractivity contribution in [2.45, 2.75) is 13.5 Å². The number of amides is 1. The van der Waals surface area contributed by atoms with Crippen molar-refractivity contribution < 1.29 is 32.2 Å². The molecule has 0 radical (unpaired) electrons. The Balaban J connectivity index is 2.08. The van der Waals surface area contributed by atoms with Gasteiger partial charge >= 0.3 is 6.61 Å². The first-order valence-corrected chi connectivity index (χ1v) is 7.97. The third-order valence-corrected chi connectivity index (χ3v) is 3.33. The number of rotatable bonds is 8. The maximum absolute atomic E-state index is 13.6. The van der Waals surface area contributed by atoms with Crippen LogP contribution in [0.15, 0.2) is 42.5 Å². The third kappa shape index (κ3) is 5.95. The number of methoxy groups -OCH3 is 1. The highest BCUT2D eigenvalue weighted by Crippen LogP contribution is 2.30. The van der Waals surface area contributed by atoms with E-state index in [1.807, 2.05) is 0 Å². The molecule has 0 saturated carbocycles. The lowest BCUT2D eigenvalue weighted by molar-refractivity contribution is -0.111. The third-order valence-electron chi connectivity index (χ3n) is 3.33. The molecule has 0 spiro atoms. The maximum atomic E-state index is 13.6. The van der Waals surface area contributed by atoms with E-state index in [4.69, 9.17) is 9.47 Å². The lowest BCUT2D eigenvalue weighted by Crippen LogP contribution is -2.08. The van der Waals surface area contributed by atoms with Crippen molar-refractivity contribution in [3.63, 3.8) is 0 Å². The summed E-state index contributed by atoms with van der Waals surface area (Å²) in [6.45, 7) is -1.01. The normalized spacial score (nSPS) is 10.9. The van der Waals surface area contributed by atoms with Gasteiger partial charge in [-0.15, -0.1) is 0 Å². The van der Waals surface area contributed by atoms with Crippen molar-refractivity contribution in [2.24, 2.45) is 0 Å². The van der Waals surface area contributed by atoms with Gasteiger partial charge in [0.05, 0.1) is 13.7 Å². The van der Waals surface area contributed by atoms with Crippen LogP contribution in [0.3, 0.4) is 0 Å². The number of ether oxygens (including phenoxy) is 3. The average Bonchev–Trinajstić information content (AvgIpc) is 2.62. The zero-order chi connectivity index (χ0) is 19.8. The Morgan fingerprint density at radius 1 is 1.15 bits per heavy atom. The van der Waals surface area contributed by atoms with Gasteiger partial charge in [0, 0.05) is 17.8 Å². The number of carbonyl (C=O) groups excluding carboxylic acids is 1. The first-order valence-electron chi connectivity index (χ1n) is 7.97. The number of anilines is 1. The van der Waals surface area contributed by atoms with Gasteiger partial charge in [0.15, 0.2) is 23.1 Å². The summed E-state index contributed by atoms with van der Waals surface area (Å²) >= 11 is 0. The Morgan fingerprint density at radius 2 is 1.89 bits per heavy atom. The SMILES string of the molecule is CCOc1cc(/C=C/C(=O)Nc2ccc(OC)c(F)c2)ccc1OC(F)F. The Labute approximate surface area is 154 Å². The van der Waals surface area contributed by atoms with E-state index >= 15 is 0 Å². The second-order valence-electron chi connectivity index (χ2n) is 5.19. The zero-order valence-corrected chi connectivity index (χ0v) is 14.7. The number of hydrogen-bond donors (Lipinski definition) is 1. The molecule has 27 heavy (non-hydrogen) atoms. The lowest BCUT2D eigenvalue weighted by atomic mass is 10.2. The van der Waals surface area contributed by atoms with E-state index in [0.717, 1.165) is 6.07 Å². The number of carbonyl (C=O) groups is 1. The average molecular weight is 381 g/mol. The van der Waals surface area contributed by atoms with Gasteiger partial charge in [-0.25, -0.2) is 4.39 Å². The topological polar surface area (TPSA) is 56.8 Å². The van der Waals surface area contributed by atoms with Crippen LogP contribution in [-0.2, 0) is 4.79 Å². The predicted molar refractivity (Wildman–Crippen MR) is 94.9 cm³/mol. The fourth-order valence-electron chi connectivity index (χ4n) is 2.19. The maximum Gasteiger partial charge on any atom is 0.387 e. The second kappa shape index (κ2) is 9.51. The molecule has 8 heteroatoms. The van der Waals surface area contributed by atoms with Crippen LogP contribution in [0, 0.1) is 5.82 Å². The second-order valence-corrected chi connectivity index (χ2v) is 5.19. The summed E-state index contributed by atoms with van der Waals surface area (Å²) in [5, 5.41) is 2.51. The standard InChI is InChI=1S/C19H18F3NO4/c1-3-26-17-10-12(4-7-16(17)27-19(21)22)5-9-18(24)23-13-6-8-15(25-2)14(20)11-13/h4-11,19H,3H2,1-2H3,(H,23,24)/b9-5+. The molecule has 144 valence electrons. The first kappa shape index (κ1) is 20.2. The summed E-state index contributed by atoms with van der Waals surface area (Å²) in [5.41, 5.74) is 0.801. The molecule has 0 aromatic heterocycles. The van der Waals surface area contributed by atoms with Crippen molar-refractivity contribution in [3.05, 3.63) is 53.9 Å². The van der Waals surface area contributed by atoms with Gasteiger partial charge in [-0.1, -0.05) is 6.07 Å². The van der Waals surface area contributed by atoms with Crippen molar-refractivity contribution >= 4 is 17.7 Å². The highest BCUT2D eigenvalue weighted by molar-refractivity contribution is 6.02. The van der Waals surface area contributed by atoms with Crippen molar-refractivity contribution in [2.75, 3.05) is 19.0 Å². The van der Waals surface area contributed by atoms with Crippen LogP contribution in [-0.4, -0.2) is 26.2 Å². The van der Waals surface area contributed by atoms with Crippen molar-refractivity contribution in [1.29, 1.82) is 0 Å². The molecule has 0 fully saturated rings. The summed E-state index contributed by atoms with van der Waals surface area (Å²) in [6, 6.07) is 8.32. The summed E-state index contributed by atoms with van der Waals surface area (Å²) in [4.78, 5) is 12.0. The number of alkyl halides is 2. The molecule has 0 saturated heterocycles. The van der Waals surface area contributed by atoms with E-state index < -0.39 is 18.3 Å². The Kier molecular flexibility index (Phi) is 7.10. The van der Waals surface area contributed by atoms with Gasteiger partial charge in [0.1, 0.15) is 0 Å². The van der Waals surface area contributed by atoms with E-state index in [9.17, 15) is 18.0 Å². The molecule has 5 nitrogen and oxygen atoms in total. The molecule has 2 rings (SSSR count). The van der Waals surface area contributed by atoms with Crippen molar-refractivity contribution in [3.8, 4) is 17.2 Å². The molecule has 0 unspecified atom stereocenters. The van der Waals surface area contributed by atoms with Crippen LogP contribution in [0.1, 0.15) is 12.5 Å². The first-order chi connectivity index (χ1) is 12.9.